The van der Waals surface area contributed by atoms with Gasteiger partial charge in [0, 0.05) is 6.54 Å². The van der Waals surface area contributed by atoms with Crippen LogP contribution in [0, 0.1) is 11.3 Å². The van der Waals surface area contributed by atoms with Crippen LogP contribution in [0.25, 0.3) is 0 Å². The van der Waals surface area contributed by atoms with Gasteiger partial charge in [0.1, 0.15) is 0 Å². The van der Waals surface area contributed by atoms with Crippen molar-refractivity contribution in [1.82, 2.24) is 4.90 Å². The van der Waals surface area contributed by atoms with Crippen LogP contribution in [0.5, 0.6) is 0 Å². The van der Waals surface area contributed by atoms with Crippen LogP contribution in [-0.4, -0.2) is 30.7 Å². The Morgan fingerprint density at radius 1 is 1.36 bits per heavy atom. The zero-order valence-corrected chi connectivity index (χ0v) is 8.99. The highest BCUT2D eigenvalue weighted by Gasteiger charge is 2.40. The Morgan fingerprint density at radius 2 is 1.93 bits per heavy atom. The molecule has 0 aromatic rings. The summed E-state index contributed by atoms with van der Waals surface area (Å²) >= 11 is 0. The van der Waals surface area contributed by atoms with Crippen LogP contribution in [0.1, 0.15) is 27.2 Å². The van der Waals surface area contributed by atoms with Crippen molar-refractivity contribution >= 4 is 0 Å². The molecule has 1 saturated heterocycles. The third kappa shape index (κ3) is 2.87. The summed E-state index contributed by atoms with van der Waals surface area (Å²) in [5, 5.41) is 0. The normalized spacial score (nSPS) is 30.2. The smallest absolute Gasteiger partial charge is 0.294 e. The summed E-state index contributed by atoms with van der Waals surface area (Å²) in [7, 11) is 0. The predicted molar refractivity (Wildman–Crippen MR) is 50.1 cm³/mol. The van der Waals surface area contributed by atoms with Gasteiger partial charge in [-0.15, -0.1) is 0 Å². The molecule has 0 spiro atoms. The molecular formula is C10H18F3N. The SMILES string of the molecule is CC(C)C1(C)CCN(CC(F)(F)F)C1. The summed E-state index contributed by atoms with van der Waals surface area (Å²) in [4.78, 5) is 1.51. The average molecular weight is 209 g/mol. The molecule has 0 bridgehead atoms. The van der Waals surface area contributed by atoms with Crippen LogP contribution in [0.3, 0.4) is 0 Å². The fraction of sp³-hybridized carbons (Fsp3) is 1.00. The lowest BCUT2D eigenvalue weighted by Crippen LogP contribution is -2.35. The van der Waals surface area contributed by atoms with E-state index in [1.165, 1.54) is 4.90 Å². The van der Waals surface area contributed by atoms with Gasteiger partial charge in [0.2, 0.25) is 0 Å². The maximum absolute atomic E-state index is 12.1. The topological polar surface area (TPSA) is 3.24 Å². The number of likely N-dealkylation sites (tertiary alicyclic amines) is 1. The van der Waals surface area contributed by atoms with E-state index in [9.17, 15) is 13.2 Å². The number of hydrogen-bond acceptors (Lipinski definition) is 1. The highest BCUT2D eigenvalue weighted by atomic mass is 19.4. The molecule has 0 aromatic carbocycles. The number of alkyl halides is 3. The van der Waals surface area contributed by atoms with Crippen molar-refractivity contribution in [3.8, 4) is 0 Å². The van der Waals surface area contributed by atoms with Gasteiger partial charge in [0.05, 0.1) is 6.54 Å². The van der Waals surface area contributed by atoms with E-state index in [0.29, 0.717) is 19.0 Å². The average Bonchev–Trinajstić information content (AvgIpc) is 2.29. The Labute approximate surface area is 83.3 Å². The molecule has 1 unspecified atom stereocenters. The van der Waals surface area contributed by atoms with Crippen LogP contribution in [0.2, 0.25) is 0 Å². The molecule has 0 saturated carbocycles. The largest absolute Gasteiger partial charge is 0.401 e. The first-order valence-electron chi connectivity index (χ1n) is 5.02. The molecule has 0 radical (unpaired) electrons. The van der Waals surface area contributed by atoms with Gasteiger partial charge in [-0.2, -0.15) is 13.2 Å². The van der Waals surface area contributed by atoms with Crippen LogP contribution in [0.4, 0.5) is 13.2 Å². The summed E-state index contributed by atoms with van der Waals surface area (Å²) in [6.45, 7) is 6.63. The molecule has 0 amide bonds. The van der Waals surface area contributed by atoms with Crippen molar-refractivity contribution in [1.29, 1.82) is 0 Å². The van der Waals surface area contributed by atoms with Gasteiger partial charge in [0.25, 0.3) is 0 Å². The lowest BCUT2D eigenvalue weighted by molar-refractivity contribution is -0.144. The van der Waals surface area contributed by atoms with Crippen LogP contribution in [0.15, 0.2) is 0 Å². The van der Waals surface area contributed by atoms with Gasteiger partial charge in [0.15, 0.2) is 0 Å². The second kappa shape index (κ2) is 3.72. The van der Waals surface area contributed by atoms with Gasteiger partial charge in [-0.1, -0.05) is 20.8 Å². The lowest BCUT2D eigenvalue weighted by atomic mass is 9.78. The van der Waals surface area contributed by atoms with Crippen LogP contribution >= 0.6 is 0 Å². The molecule has 1 atom stereocenters. The van der Waals surface area contributed by atoms with Crippen molar-refractivity contribution in [3.05, 3.63) is 0 Å². The number of hydrogen-bond donors (Lipinski definition) is 0. The van der Waals surface area contributed by atoms with Gasteiger partial charge >= 0.3 is 6.18 Å². The van der Waals surface area contributed by atoms with E-state index in [1.807, 2.05) is 0 Å². The minimum absolute atomic E-state index is 0.0608. The molecule has 1 aliphatic heterocycles. The number of rotatable bonds is 2. The van der Waals surface area contributed by atoms with E-state index < -0.39 is 12.7 Å². The Balaban J connectivity index is 2.49. The second-order valence-electron chi connectivity index (χ2n) is 4.88. The molecule has 1 heterocycles. The maximum atomic E-state index is 12.1. The van der Waals surface area contributed by atoms with Crippen molar-refractivity contribution in [2.75, 3.05) is 19.6 Å². The predicted octanol–water partition coefficient (Wildman–Crippen LogP) is 2.92. The third-order valence-corrected chi connectivity index (χ3v) is 3.38. The first kappa shape index (κ1) is 11.8. The Kier molecular flexibility index (Phi) is 3.14. The van der Waals surface area contributed by atoms with E-state index in [2.05, 4.69) is 20.8 Å². The first-order valence-corrected chi connectivity index (χ1v) is 5.02. The molecule has 1 rings (SSSR count). The van der Waals surface area contributed by atoms with Gasteiger partial charge in [-0.25, -0.2) is 0 Å². The third-order valence-electron chi connectivity index (χ3n) is 3.38. The lowest BCUT2D eigenvalue weighted by Gasteiger charge is -2.29. The summed E-state index contributed by atoms with van der Waals surface area (Å²) in [5.41, 5.74) is 0.0608. The molecule has 1 aliphatic rings. The van der Waals surface area contributed by atoms with E-state index in [1.54, 1.807) is 0 Å². The molecule has 0 N–H and O–H groups in total. The van der Waals surface area contributed by atoms with Crippen LogP contribution in [-0.2, 0) is 0 Å². The van der Waals surface area contributed by atoms with E-state index >= 15 is 0 Å². The van der Waals surface area contributed by atoms with Crippen LogP contribution < -0.4 is 0 Å². The summed E-state index contributed by atoms with van der Waals surface area (Å²) < 4.78 is 36.4. The van der Waals surface area contributed by atoms with E-state index in [0.717, 1.165) is 6.42 Å². The summed E-state index contributed by atoms with van der Waals surface area (Å²) in [6, 6.07) is 0. The Hall–Kier alpha value is -0.250. The number of nitrogens with zero attached hydrogens (tertiary/aromatic N) is 1. The van der Waals surface area contributed by atoms with E-state index in [4.69, 9.17) is 0 Å². The minimum atomic E-state index is -4.05. The molecule has 4 heteroatoms. The monoisotopic (exact) mass is 209 g/mol. The highest BCUT2D eigenvalue weighted by Crippen LogP contribution is 2.37. The Bertz CT molecular complexity index is 200. The molecule has 14 heavy (non-hydrogen) atoms. The minimum Gasteiger partial charge on any atom is -0.294 e. The second-order valence-corrected chi connectivity index (χ2v) is 4.88. The summed E-state index contributed by atoms with van der Waals surface area (Å²) in [5.74, 6) is 0.445. The maximum Gasteiger partial charge on any atom is 0.401 e. The molecule has 1 fully saturated rings. The van der Waals surface area contributed by atoms with Crippen molar-refractivity contribution < 1.29 is 13.2 Å². The number of halogens is 3. The van der Waals surface area contributed by atoms with Gasteiger partial charge in [-0.05, 0) is 24.3 Å². The van der Waals surface area contributed by atoms with Gasteiger partial charge < -0.3 is 0 Å². The summed E-state index contributed by atoms with van der Waals surface area (Å²) in [6.07, 6.45) is -3.18. The Morgan fingerprint density at radius 3 is 2.29 bits per heavy atom. The van der Waals surface area contributed by atoms with Crippen molar-refractivity contribution in [2.45, 2.75) is 33.4 Å². The zero-order valence-electron chi connectivity index (χ0n) is 8.99. The standard InChI is InChI=1S/C10H18F3N/c1-8(2)9(3)4-5-14(6-9)7-10(11,12)13/h8H,4-7H2,1-3H3. The fourth-order valence-electron chi connectivity index (χ4n) is 1.94. The zero-order chi connectivity index (χ0) is 11.0. The van der Waals surface area contributed by atoms with Gasteiger partial charge in [-0.3, -0.25) is 4.90 Å². The molecule has 84 valence electrons. The fourth-order valence-corrected chi connectivity index (χ4v) is 1.94. The molecule has 0 aliphatic carbocycles. The highest BCUT2D eigenvalue weighted by molar-refractivity contribution is 4.89. The quantitative estimate of drug-likeness (QED) is 0.676. The van der Waals surface area contributed by atoms with Crippen molar-refractivity contribution in [2.24, 2.45) is 11.3 Å². The first-order chi connectivity index (χ1) is 6.23. The van der Waals surface area contributed by atoms with E-state index in [-0.39, 0.29) is 5.41 Å². The van der Waals surface area contributed by atoms with Crippen molar-refractivity contribution in [3.63, 3.8) is 0 Å². The molecule has 1 nitrogen and oxygen atoms in total. The molecular weight excluding hydrogens is 191 g/mol. The molecule has 0 aromatic heterocycles.